The number of hydrogen-bond donors (Lipinski definition) is 3. The van der Waals surface area contributed by atoms with Crippen molar-refractivity contribution in [3.05, 3.63) is 71.7 Å². The predicted molar refractivity (Wildman–Crippen MR) is 96.1 cm³/mol. The van der Waals surface area contributed by atoms with Crippen LogP contribution in [-0.2, 0) is 0 Å². The number of amides is 1. The summed E-state index contributed by atoms with van der Waals surface area (Å²) in [5.74, 6) is -0.542. The zero-order chi connectivity index (χ0) is 17.8. The number of halogens is 1. The van der Waals surface area contributed by atoms with Gasteiger partial charge in [-0.1, -0.05) is 30.3 Å². The number of rotatable bonds is 6. The highest BCUT2D eigenvalue weighted by Crippen LogP contribution is 2.22. The van der Waals surface area contributed by atoms with Crippen molar-refractivity contribution in [2.24, 2.45) is 0 Å². The maximum Gasteiger partial charge on any atom is 0.253 e. The Labute approximate surface area is 145 Å². The molecule has 0 spiro atoms. The molecule has 5 heteroatoms. The van der Waals surface area contributed by atoms with Crippen molar-refractivity contribution in [2.75, 3.05) is 6.54 Å². The molecule has 0 fully saturated rings. The number of carbonyl (C=O) groups excluding carboxylic acids is 1. The van der Waals surface area contributed by atoms with Crippen molar-refractivity contribution in [3.63, 3.8) is 0 Å². The van der Waals surface area contributed by atoms with E-state index in [0.29, 0.717) is 29.4 Å². The molecule has 4 nitrogen and oxygen atoms in total. The number of aliphatic hydroxyl groups is 1. The first-order valence-electron chi connectivity index (χ1n) is 8.32. The molecule has 3 N–H and O–H groups in total. The third-order valence-electron chi connectivity index (χ3n) is 4.29. The molecular formula is C20H21FN2O2. The number of H-pyrrole nitrogens is 1. The minimum atomic E-state index is -0.460. The molecule has 130 valence electrons. The van der Waals surface area contributed by atoms with Crippen molar-refractivity contribution in [3.8, 4) is 0 Å². The molecule has 0 bridgehead atoms. The van der Waals surface area contributed by atoms with Gasteiger partial charge >= 0.3 is 0 Å². The van der Waals surface area contributed by atoms with E-state index in [-0.39, 0.29) is 17.6 Å². The quantitative estimate of drug-likeness (QED) is 0.642. The van der Waals surface area contributed by atoms with E-state index in [4.69, 9.17) is 0 Å². The highest BCUT2D eigenvalue weighted by Gasteiger charge is 2.17. The molecular weight excluding hydrogens is 319 g/mol. The van der Waals surface area contributed by atoms with Crippen LogP contribution >= 0.6 is 0 Å². The van der Waals surface area contributed by atoms with Gasteiger partial charge in [-0.3, -0.25) is 4.79 Å². The summed E-state index contributed by atoms with van der Waals surface area (Å²) in [6.45, 7) is 2.16. The standard InChI is InChI=1S/C20H21FN2O2/c1-13(24)9-15(14-5-3-2-4-6-14)11-23-20(25)18-12-22-19-10-16(21)7-8-17(18)19/h2-8,10,12-13,15,22,24H,9,11H2,1H3,(H,23,25). The van der Waals surface area contributed by atoms with E-state index in [1.807, 2.05) is 30.3 Å². The molecule has 2 unspecified atom stereocenters. The summed E-state index contributed by atoms with van der Waals surface area (Å²) < 4.78 is 13.3. The monoisotopic (exact) mass is 340 g/mol. The van der Waals surface area contributed by atoms with Gasteiger partial charge in [-0.2, -0.15) is 0 Å². The normalized spacial score (nSPS) is 13.6. The maximum atomic E-state index is 13.3. The molecule has 3 aromatic rings. The molecule has 1 aromatic heterocycles. The highest BCUT2D eigenvalue weighted by molar-refractivity contribution is 6.06. The molecule has 0 saturated carbocycles. The number of aromatic amines is 1. The lowest BCUT2D eigenvalue weighted by Gasteiger charge is -2.19. The van der Waals surface area contributed by atoms with E-state index in [9.17, 15) is 14.3 Å². The molecule has 1 amide bonds. The van der Waals surface area contributed by atoms with Gasteiger partial charge in [0.05, 0.1) is 11.7 Å². The molecule has 2 atom stereocenters. The number of fused-ring (bicyclic) bond motifs is 1. The number of carbonyl (C=O) groups is 1. The Kier molecular flexibility index (Phi) is 5.14. The fourth-order valence-electron chi connectivity index (χ4n) is 3.07. The summed E-state index contributed by atoms with van der Waals surface area (Å²) in [6, 6.07) is 14.1. The molecule has 0 aliphatic rings. The lowest BCUT2D eigenvalue weighted by molar-refractivity contribution is 0.0947. The first-order chi connectivity index (χ1) is 12.0. The second kappa shape index (κ2) is 7.49. The summed E-state index contributed by atoms with van der Waals surface area (Å²) in [5.41, 5.74) is 2.15. The minimum absolute atomic E-state index is 0.0211. The first kappa shape index (κ1) is 17.2. The van der Waals surface area contributed by atoms with E-state index in [0.717, 1.165) is 5.56 Å². The van der Waals surface area contributed by atoms with Crippen LogP contribution in [0, 0.1) is 5.82 Å². The maximum absolute atomic E-state index is 13.3. The van der Waals surface area contributed by atoms with Gasteiger partial charge in [0.25, 0.3) is 5.91 Å². The van der Waals surface area contributed by atoms with Gasteiger partial charge in [-0.25, -0.2) is 4.39 Å². The summed E-state index contributed by atoms with van der Waals surface area (Å²) in [6.07, 6.45) is 1.69. The van der Waals surface area contributed by atoms with Crippen LogP contribution in [0.15, 0.2) is 54.7 Å². The second-order valence-electron chi connectivity index (χ2n) is 6.29. The zero-order valence-corrected chi connectivity index (χ0v) is 14.0. The number of nitrogens with one attached hydrogen (secondary N) is 2. The van der Waals surface area contributed by atoms with E-state index in [1.165, 1.54) is 12.1 Å². The average molecular weight is 340 g/mol. The third kappa shape index (κ3) is 4.06. The van der Waals surface area contributed by atoms with Crippen LogP contribution in [0.1, 0.15) is 35.2 Å². The smallest absolute Gasteiger partial charge is 0.253 e. The van der Waals surface area contributed by atoms with E-state index in [1.54, 1.807) is 19.2 Å². The molecule has 0 aliphatic carbocycles. The van der Waals surface area contributed by atoms with Crippen LogP contribution in [0.3, 0.4) is 0 Å². The number of aliphatic hydroxyl groups excluding tert-OH is 1. The van der Waals surface area contributed by atoms with Crippen LogP contribution < -0.4 is 5.32 Å². The van der Waals surface area contributed by atoms with Gasteiger partial charge in [0, 0.05) is 29.6 Å². The van der Waals surface area contributed by atoms with Crippen molar-refractivity contribution >= 4 is 16.8 Å². The van der Waals surface area contributed by atoms with Gasteiger partial charge in [-0.05, 0) is 37.1 Å². The molecule has 0 radical (unpaired) electrons. The minimum Gasteiger partial charge on any atom is -0.393 e. The van der Waals surface area contributed by atoms with E-state index in [2.05, 4.69) is 10.3 Å². The fraction of sp³-hybridized carbons (Fsp3) is 0.250. The van der Waals surface area contributed by atoms with Crippen LogP contribution in [0.5, 0.6) is 0 Å². The SMILES string of the molecule is CC(O)CC(CNC(=O)c1c[nH]c2cc(F)ccc12)c1ccccc1. The Morgan fingerprint density at radius 2 is 2.00 bits per heavy atom. The van der Waals surface area contributed by atoms with Gasteiger partial charge in [0.1, 0.15) is 5.82 Å². The fourth-order valence-corrected chi connectivity index (χ4v) is 3.07. The van der Waals surface area contributed by atoms with Gasteiger partial charge in [-0.15, -0.1) is 0 Å². The third-order valence-corrected chi connectivity index (χ3v) is 4.29. The second-order valence-corrected chi connectivity index (χ2v) is 6.29. The van der Waals surface area contributed by atoms with Crippen molar-refractivity contribution in [1.29, 1.82) is 0 Å². The van der Waals surface area contributed by atoms with Crippen LogP contribution in [0.2, 0.25) is 0 Å². The van der Waals surface area contributed by atoms with Crippen LogP contribution in [-0.4, -0.2) is 28.6 Å². The van der Waals surface area contributed by atoms with E-state index < -0.39 is 6.10 Å². The Hall–Kier alpha value is -2.66. The predicted octanol–water partition coefficient (Wildman–Crippen LogP) is 3.59. The number of benzene rings is 2. The molecule has 1 heterocycles. The summed E-state index contributed by atoms with van der Waals surface area (Å²) >= 11 is 0. The molecule has 0 saturated heterocycles. The van der Waals surface area contributed by atoms with Gasteiger partial charge in [0.15, 0.2) is 0 Å². The highest BCUT2D eigenvalue weighted by atomic mass is 19.1. The van der Waals surface area contributed by atoms with Crippen LogP contribution in [0.25, 0.3) is 10.9 Å². The Balaban J connectivity index is 1.74. The Bertz CT molecular complexity index is 859. The largest absolute Gasteiger partial charge is 0.393 e. The first-order valence-corrected chi connectivity index (χ1v) is 8.32. The Morgan fingerprint density at radius 1 is 1.24 bits per heavy atom. The van der Waals surface area contributed by atoms with Crippen molar-refractivity contribution in [2.45, 2.75) is 25.4 Å². The van der Waals surface area contributed by atoms with Gasteiger partial charge in [0.2, 0.25) is 0 Å². The van der Waals surface area contributed by atoms with Crippen molar-refractivity contribution in [1.82, 2.24) is 10.3 Å². The molecule has 3 rings (SSSR count). The topological polar surface area (TPSA) is 65.1 Å². The lowest BCUT2D eigenvalue weighted by Crippen LogP contribution is -2.29. The average Bonchev–Trinajstić information content (AvgIpc) is 3.01. The van der Waals surface area contributed by atoms with Crippen LogP contribution in [0.4, 0.5) is 4.39 Å². The lowest BCUT2D eigenvalue weighted by atomic mass is 9.93. The zero-order valence-electron chi connectivity index (χ0n) is 14.0. The summed E-state index contributed by atoms with van der Waals surface area (Å²) in [7, 11) is 0. The molecule has 0 aliphatic heterocycles. The van der Waals surface area contributed by atoms with Gasteiger partial charge < -0.3 is 15.4 Å². The molecule has 2 aromatic carbocycles. The van der Waals surface area contributed by atoms with E-state index >= 15 is 0 Å². The molecule has 25 heavy (non-hydrogen) atoms. The number of hydrogen-bond acceptors (Lipinski definition) is 2. The Morgan fingerprint density at radius 3 is 2.72 bits per heavy atom. The summed E-state index contributed by atoms with van der Waals surface area (Å²) in [4.78, 5) is 15.5. The summed E-state index contributed by atoms with van der Waals surface area (Å²) in [5, 5.41) is 13.4. The van der Waals surface area contributed by atoms with Crippen molar-refractivity contribution < 1.29 is 14.3 Å². The number of aromatic nitrogens is 1.